The Morgan fingerprint density at radius 1 is 1.15 bits per heavy atom. The molecule has 0 bridgehead atoms. The van der Waals surface area contributed by atoms with E-state index >= 15 is 0 Å². The summed E-state index contributed by atoms with van der Waals surface area (Å²) in [5, 5.41) is 6.32. The van der Waals surface area contributed by atoms with Gasteiger partial charge in [0.2, 0.25) is 5.95 Å². The summed E-state index contributed by atoms with van der Waals surface area (Å²) in [4.78, 5) is 24.7. The van der Waals surface area contributed by atoms with Crippen molar-refractivity contribution in [3.8, 4) is 5.75 Å². The largest absolute Gasteiger partial charge is 0.495 e. The van der Waals surface area contributed by atoms with Gasteiger partial charge in [0, 0.05) is 36.4 Å². The molecule has 3 rings (SSSR count). The Labute approximate surface area is 155 Å². The number of carbonyl (C=O) groups excluding carboxylic acids is 1. The van der Waals surface area contributed by atoms with Crippen molar-refractivity contribution in [2.75, 3.05) is 17.7 Å². The molecule has 0 atom stereocenters. The van der Waals surface area contributed by atoms with Crippen molar-refractivity contribution in [3.05, 3.63) is 71.3 Å². The Hall–Kier alpha value is -3.19. The summed E-state index contributed by atoms with van der Waals surface area (Å²) < 4.78 is 5.21. The van der Waals surface area contributed by atoms with E-state index < -0.39 is 0 Å². The van der Waals surface area contributed by atoms with Crippen LogP contribution in [0.4, 0.5) is 11.6 Å². The lowest BCUT2D eigenvalue weighted by Crippen LogP contribution is -2.14. The number of carbonyl (C=O) groups is 1. The third-order valence-corrected chi connectivity index (χ3v) is 3.76. The predicted octanol–water partition coefficient (Wildman–Crippen LogP) is 3.40. The first-order chi connectivity index (χ1) is 12.7. The van der Waals surface area contributed by atoms with Crippen LogP contribution in [0, 0.1) is 0 Å². The first-order valence-electron chi connectivity index (χ1n) is 7.75. The van der Waals surface area contributed by atoms with Gasteiger partial charge in [-0.3, -0.25) is 9.78 Å². The van der Waals surface area contributed by atoms with E-state index in [1.165, 1.54) is 19.5 Å². The van der Waals surface area contributed by atoms with E-state index in [1.54, 1.807) is 30.6 Å². The molecule has 0 aliphatic heterocycles. The van der Waals surface area contributed by atoms with Crippen LogP contribution in [0.25, 0.3) is 0 Å². The molecule has 8 heteroatoms. The number of benzene rings is 1. The number of hydrogen-bond acceptors (Lipinski definition) is 6. The second-order valence-corrected chi connectivity index (χ2v) is 5.74. The quantitative estimate of drug-likeness (QED) is 0.692. The van der Waals surface area contributed by atoms with Crippen LogP contribution in [-0.4, -0.2) is 28.0 Å². The third kappa shape index (κ3) is 4.46. The van der Waals surface area contributed by atoms with Gasteiger partial charge in [0.25, 0.3) is 5.91 Å². The smallest absolute Gasteiger partial charge is 0.258 e. The van der Waals surface area contributed by atoms with Crippen LogP contribution < -0.4 is 15.4 Å². The molecule has 2 N–H and O–H groups in total. The van der Waals surface area contributed by atoms with E-state index in [0.717, 1.165) is 5.56 Å². The summed E-state index contributed by atoms with van der Waals surface area (Å²) in [5.74, 6) is 0.587. The van der Waals surface area contributed by atoms with Crippen LogP contribution in [-0.2, 0) is 6.54 Å². The number of amides is 1. The normalized spacial score (nSPS) is 10.2. The molecule has 3 aromatic rings. The molecule has 2 aromatic heterocycles. The summed E-state index contributed by atoms with van der Waals surface area (Å²) in [6.45, 7) is 0.563. The van der Waals surface area contributed by atoms with Gasteiger partial charge >= 0.3 is 0 Å². The molecule has 0 aliphatic carbocycles. The lowest BCUT2D eigenvalue weighted by atomic mass is 10.2. The fourth-order valence-electron chi connectivity index (χ4n) is 2.19. The number of hydrogen-bond donors (Lipinski definition) is 2. The van der Waals surface area contributed by atoms with Gasteiger partial charge in [-0.25, -0.2) is 9.97 Å². The Morgan fingerprint density at radius 3 is 2.58 bits per heavy atom. The summed E-state index contributed by atoms with van der Waals surface area (Å²) >= 11 is 5.97. The van der Waals surface area contributed by atoms with Gasteiger partial charge < -0.3 is 15.4 Å². The first kappa shape index (κ1) is 17.6. The van der Waals surface area contributed by atoms with Gasteiger partial charge in [-0.15, -0.1) is 0 Å². The van der Waals surface area contributed by atoms with Crippen molar-refractivity contribution < 1.29 is 9.53 Å². The van der Waals surface area contributed by atoms with Crippen molar-refractivity contribution in [2.24, 2.45) is 0 Å². The van der Waals surface area contributed by atoms with Gasteiger partial charge in [-0.05, 0) is 35.9 Å². The second-order valence-electron chi connectivity index (χ2n) is 5.30. The summed E-state index contributed by atoms with van der Waals surface area (Å²) in [6, 6.07) is 8.77. The Morgan fingerprint density at radius 2 is 1.88 bits per heavy atom. The van der Waals surface area contributed by atoms with Crippen molar-refractivity contribution in [2.45, 2.75) is 6.54 Å². The zero-order valence-corrected chi connectivity index (χ0v) is 14.7. The van der Waals surface area contributed by atoms with Gasteiger partial charge in [0.15, 0.2) is 0 Å². The van der Waals surface area contributed by atoms with Crippen LogP contribution >= 0.6 is 11.6 Å². The molecule has 26 heavy (non-hydrogen) atoms. The molecule has 0 radical (unpaired) electrons. The number of ether oxygens (including phenoxy) is 1. The maximum atomic E-state index is 12.4. The van der Waals surface area contributed by atoms with Crippen LogP contribution in [0.15, 0.2) is 55.1 Å². The summed E-state index contributed by atoms with van der Waals surface area (Å²) in [7, 11) is 1.52. The lowest BCUT2D eigenvalue weighted by molar-refractivity contribution is 0.102. The summed E-state index contributed by atoms with van der Waals surface area (Å²) in [5.41, 5.74) is 1.85. The van der Waals surface area contributed by atoms with Gasteiger partial charge in [0.05, 0.1) is 18.4 Å². The number of nitrogens with zero attached hydrogens (tertiary/aromatic N) is 3. The number of pyridine rings is 1. The van der Waals surface area contributed by atoms with E-state index in [4.69, 9.17) is 16.3 Å². The van der Waals surface area contributed by atoms with Gasteiger partial charge in [-0.2, -0.15) is 0 Å². The molecule has 1 aromatic carbocycles. The maximum Gasteiger partial charge on any atom is 0.258 e. The Bertz CT molecular complexity index is 888. The first-order valence-corrected chi connectivity index (χ1v) is 8.13. The number of nitrogens with one attached hydrogen (secondary N) is 2. The van der Waals surface area contributed by atoms with Crippen molar-refractivity contribution in [3.63, 3.8) is 0 Å². The molecule has 132 valence electrons. The van der Waals surface area contributed by atoms with Gasteiger partial charge in [-0.1, -0.05) is 11.6 Å². The SMILES string of the molecule is COc1ccc(Cl)cc1NC(=O)c1cnc(NCc2ccncc2)nc1. The van der Waals surface area contributed by atoms with E-state index in [-0.39, 0.29) is 5.91 Å². The Kier molecular flexibility index (Phi) is 5.60. The number of methoxy groups -OCH3 is 1. The average molecular weight is 370 g/mol. The zero-order chi connectivity index (χ0) is 18.4. The van der Waals surface area contributed by atoms with Crippen LogP contribution in [0.5, 0.6) is 5.75 Å². The number of rotatable bonds is 6. The molecular weight excluding hydrogens is 354 g/mol. The van der Waals surface area contributed by atoms with Gasteiger partial charge in [0.1, 0.15) is 5.75 Å². The van der Waals surface area contributed by atoms with E-state index in [1.807, 2.05) is 12.1 Å². The highest BCUT2D eigenvalue weighted by molar-refractivity contribution is 6.31. The Balaban J connectivity index is 1.64. The maximum absolute atomic E-state index is 12.4. The standard InChI is InChI=1S/C18H16ClN5O2/c1-26-16-3-2-14(19)8-15(16)24-17(25)13-10-22-18(23-11-13)21-9-12-4-6-20-7-5-12/h2-8,10-11H,9H2,1H3,(H,24,25)(H,21,22,23). The topological polar surface area (TPSA) is 89.0 Å². The molecule has 0 spiro atoms. The average Bonchev–Trinajstić information content (AvgIpc) is 2.68. The molecular formula is C18H16ClN5O2. The number of anilines is 2. The zero-order valence-electron chi connectivity index (χ0n) is 13.9. The number of aromatic nitrogens is 3. The van der Waals surface area contributed by atoms with Crippen molar-refractivity contribution in [1.29, 1.82) is 0 Å². The molecule has 0 saturated heterocycles. The minimum absolute atomic E-state index is 0.321. The minimum atomic E-state index is -0.355. The van der Waals surface area contributed by atoms with Crippen molar-refractivity contribution in [1.82, 2.24) is 15.0 Å². The molecule has 1 amide bonds. The molecule has 0 unspecified atom stereocenters. The second kappa shape index (κ2) is 8.26. The van der Waals surface area contributed by atoms with Crippen molar-refractivity contribution >= 4 is 29.1 Å². The predicted molar refractivity (Wildman–Crippen MR) is 99.6 cm³/mol. The molecule has 0 aliphatic rings. The minimum Gasteiger partial charge on any atom is -0.495 e. The number of halogens is 1. The summed E-state index contributed by atoms with van der Waals surface area (Å²) in [6.07, 6.45) is 6.34. The molecule has 0 fully saturated rings. The highest BCUT2D eigenvalue weighted by Crippen LogP contribution is 2.28. The van der Waals surface area contributed by atoms with Crippen LogP contribution in [0.2, 0.25) is 5.02 Å². The fraction of sp³-hybridized carbons (Fsp3) is 0.111. The fourth-order valence-corrected chi connectivity index (χ4v) is 2.36. The van der Waals surface area contributed by atoms with Crippen LogP contribution in [0.3, 0.4) is 0 Å². The van der Waals surface area contributed by atoms with Crippen LogP contribution in [0.1, 0.15) is 15.9 Å². The van der Waals surface area contributed by atoms with E-state index in [2.05, 4.69) is 25.6 Å². The third-order valence-electron chi connectivity index (χ3n) is 3.52. The highest BCUT2D eigenvalue weighted by Gasteiger charge is 2.11. The monoisotopic (exact) mass is 369 g/mol. The molecule has 2 heterocycles. The van der Waals surface area contributed by atoms with E-state index in [0.29, 0.717) is 34.5 Å². The lowest BCUT2D eigenvalue weighted by Gasteiger charge is -2.10. The molecule has 7 nitrogen and oxygen atoms in total. The molecule has 0 saturated carbocycles. The highest BCUT2D eigenvalue weighted by atomic mass is 35.5. The van der Waals surface area contributed by atoms with E-state index in [9.17, 15) is 4.79 Å².